The van der Waals surface area contributed by atoms with E-state index in [1.807, 2.05) is 0 Å². The van der Waals surface area contributed by atoms with Crippen molar-refractivity contribution in [2.45, 2.75) is 19.3 Å². The predicted octanol–water partition coefficient (Wildman–Crippen LogP) is 5.21. The molecule has 0 aliphatic rings. The molecule has 0 saturated carbocycles. The summed E-state index contributed by atoms with van der Waals surface area (Å²) < 4.78 is 55.5. The Kier molecular flexibility index (Phi) is 5.27. The highest BCUT2D eigenvalue weighted by molar-refractivity contribution is 7.57. The molecule has 1 aromatic carbocycles. The van der Waals surface area contributed by atoms with Gasteiger partial charge in [-0.15, -0.1) is 0 Å². The second-order valence-corrected chi connectivity index (χ2v) is 7.81. The number of pyridine rings is 1. The lowest BCUT2D eigenvalue weighted by Crippen LogP contribution is -2.04. The van der Waals surface area contributed by atoms with Gasteiger partial charge in [-0.3, -0.25) is 9.55 Å². The number of benzene rings is 1. The molecule has 0 saturated heterocycles. The van der Waals surface area contributed by atoms with Gasteiger partial charge in [-0.05, 0) is 30.7 Å². The average Bonchev–Trinajstić information content (AvgIpc) is 2.47. The van der Waals surface area contributed by atoms with Gasteiger partial charge in [-0.25, -0.2) is 0 Å². The Balaban J connectivity index is 2.22. The van der Waals surface area contributed by atoms with E-state index in [1.54, 1.807) is 31.8 Å². The van der Waals surface area contributed by atoms with E-state index in [-0.39, 0.29) is 6.16 Å². The number of nitrogens with zero attached hydrogens (tertiary/aromatic N) is 1. The molecule has 124 valence electrons. The third-order valence-electron chi connectivity index (χ3n) is 3.20. The molecule has 1 aromatic heterocycles. The van der Waals surface area contributed by atoms with Crippen LogP contribution >= 0.6 is 7.37 Å². The first-order chi connectivity index (χ1) is 10.7. The molecule has 0 bridgehead atoms. The molecule has 0 aliphatic heterocycles. The molecule has 7 heteroatoms. The highest BCUT2D eigenvalue weighted by atomic mass is 31.2. The van der Waals surface area contributed by atoms with E-state index >= 15 is 0 Å². The standard InChI is InChI=1S/C16H17F3NO2P/c1-3-22-23(2,21)11-15-8-7-13(10-20-15)12-5-4-6-14(9-12)16(17,18)19/h4-10H,3,11H2,1-2H3. The maximum absolute atomic E-state index is 12.7. The lowest BCUT2D eigenvalue weighted by Gasteiger charge is -2.12. The van der Waals surface area contributed by atoms with Gasteiger partial charge < -0.3 is 4.52 Å². The molecule has 2 rings (SSSR count). The number of aromatic nitrogens is 1. The predicted molar refractivity (Wildman–Crippen MR) is 83.5 cm³/mol. The van der Waals surface area contributed by atoms with Gasteiger partial charge in [0, 0.05) is 24.1 Å². The second kappa shape index (κ2) is 6.85. The first-order valence-electron chi connectivity index (χ1n) is 7.05. The van der Waals surface area contributed by atoms with Crippen LogP contribution in [-0.4, -0.2) is 18.3 Å². The minimum atomic E-state index is -4.38. The zero-order chi connectivity index (χ0) is 17.1. The van der Waals surface area contributed by atoms with Crippen molar-refractivity contribution in [2.24, 2.45) is 0 Å². The Morgan fingerprint density at radius 2 is 1.91 bits per heavy atom. The lowest BCUT2D eigenvalue weighted by molar-refractivity contribution is -0.137. The molecule has 23 heavy (non-hydrogen) atoms. The average molecular weight is 343 g/mol. The van der Waals surface area contributed by atoms with E-state index in [1.165, 1.54) is 12.3 Å². The summed E-state index contributed by atoms with van der Waals surface area (Å²) >= 11 is 0. The zero-order valence-corrected chi connectivity index (χ0v) is 13.7. The molecule has 0 fully saturated rings. The van der Waals surface area contributed by atoms with Gasteiger partial charge in [-0.1, -0.05) is 18.2 Å². The number of hydrogen-bond acceptors (Lipinski definition) is 3. The Morgan fingerprint density at radius 3 is 2.48 bits per heavy atom. The summed E-state index contributed by atoms with van der Waals surface area (Å²) in [6.45, 7) is 3.66. The van der Waals surface area contributed by atoms with Crippen LogP contribution in [0, 0.1) is 0 Å². The molecule has 1 unspecified atom stereocenters. The van der Waals surface area contributed by atoms with Crippen molar-refractivity contribution >= 4 is 7.37 Å². The zero-order valence-electron chi connectivity index (χ0n) is 12.8. The molecule has 1 atom stereocenters. The van der Waals surface area contributed by atoms with Crippen molar-refractivity contribution in [3.63, 3.8) is 0 Å². The highest BCUT2D eigenvalue weighted by Gasteiger charge is 2.30. The van der Waals surface area contributed by atoms with Gasteiger partial charge in [0.1, 0.15) is 0 Å². The third-order valence-corrected chi connectivity index (χ3v) is 4.90. The molecule has 0 N–H and O–H groups in total. The quantitative estimate of drug-likeness (QED) is 0.700. The minimum Gasteiger partial charge on any atom is -0.329 e. The van der Waals surface area contributed by atoms with Crippen LogP contribution in [0.1, 0.15) is 18.2 Å². The van der Waals surface area contributed by atoms with Gasteiger partial charge in [0.05, 0.1) is 18.3 Å². The third kappa shape index (κ3) is 4.91. The number of halogens is 3. The Bertz CT molecular complexity index is 714. The van der Waals surface area contributed by atoms with Gasteiger partial charge in [-0.2, -0.15) is 13.2 Å². The molecule has 0 spiro atoms. The van der Waals surface area contributed by atoms with Crippen LogP contribution in [0.3, 0.4) is 0 Å². The van der Waals surface area contributed by atoms with Gasteiger partial charge in [0.25, 0.3) is 0 Å². The Labute approximate surface area is 133 Å². The van der Waals surface area contributed by atoms with E-state index < -0.39 is 19.1 Å². The molecule has 0 aliphatic carbocycles. The fraction of sp³-hybridized carbons (Fsp3) is 0.312. The summed E-state index contributed by atoms with van der Waals surface area (Å²) in [5.74, 6) is 0. The van der Waals surface area contributed by atoms with Crippen LogP contribution in [0.4, 0.5) is 13.2 Å². The topological polar surface area (TPSA) is 39.2 Å². The number of rotatable bonds is 5. The molecular formula is C16H17F3NO2P. The second-order valence-electron chi connectivity index (χ2n) is 5.21. The van der Waals surface area contributed by atoms with E-state index in [9.17, 15) is 17.7 Å². The van der Waals surface area contributed by atoms with Gasteiger partial charge in [0.15, 0.2) is 0 Å². The summed E-state index contributed by atoms with van der Waals surface area (Å²) in [7, 11) is -2.74. The van der Waals surface area contributed by atoms with Crippen molar-refractivity contribution in [3.8, 4) is 11.1 Å². The Morgan fingerprint density at radius 1 is 1.17 bits per heavy atom. The monoisotopic (exact) mass is 343 g/mol. The fourth-order valence-corrected chi connectivity index (χ4v) is 3.59. The van der Waals surface area contributed by atoms with E-state index in [2.05, 4.69) is 4.98 Å². The summed E-state index contributed by atoms with van der Waals surface area (Å²) in [4.78, 5) is 4.18. The van der Waals surface area contributed by atoms with E-state index in [0.29, 0.717) is 23.4 Å². The lowest BCUT2D eigenvalue weighted by atomic mass is 10.0. The molecule has 0 radical (unpaired) electrons. The van der Waals surface area contributed by atoms with Crippen LogP contribution in [0.25, 0.3) is 11.1 Å². The van der Waals surface area contributed by atoms with Crippen LogP contribution in [-0.2, 0) is 21.4 Å². The summed E-state index contributed by atoms with van der Waals surface area (Å²) in [6, 6.07) is 8.40. The fourth-order valence-electron chi connectivity index (χ4n) is 2.18. The largest absolute Gasteiger partial charge is 0.416 e. The van der Waals surface area contributed by atoms with Gasteiger partial charge >= 0.3 is 6.18 Å². The SMILES string of the molecule is CCOP(C)(=O)Cc1ccc(-c2cccc(C(F)(F)F)c2)cn1. The van der Waals surface area contributed by atoms with Crippen molar-refractivity contribution in [3.05, 3.63) is 53.9 Å². The van der Waals surface area contributed by atoms with Crippen LogP contribution in [0.15, 0.2) is 42.6 Å². The summed E-state index contributed by atoms with van der Waals surface area (Å²) in [6.07, 6.45) is -2.70. The summed E-state index contributed by atoms with van der Waals surface area (Å²) in [5, 5.41) is 0. The van der Waals surface area contributed by atoms with Crippen molar-refractivity contribution in [2.75, 3.05) is 13.3 Å². The highest BCUT2D eigenvalue weighted by Crippen LogP contribution is 2.45. The van der Waals surface area contributed by atoms with Crippen molar-refractivity contribution in [1.29, 1.82) is 0 Å². The van der Waals surface area contributed by atoms with Crippen LogP contribution in [0.5, 0.6) is 0 Å². The van der Waals surface area contributed by atoms with Crippen molar-refractivity contribution < 1.29 is 22.3 Å². The summed E-state index contributed by atoms with van der Waals surface area (Å²) in [5.41, 5.74) is 0.888. The van der Waals surface area contributed by atoms with E-state index in [4.69, 9.17) is 4.52 Å². The van der Waals surface area contributed by atoms with Crippen LogP contribution in [0.2, 0.25) is 0 Å². The smallest absolute Gasteiger partial charge is 0.329 e. The normalized spacial score (nSPS) is 14.5. The van der Waals surface area contributed by atoms with Crippen molar-refractivity contribution in [1.82, 2.24) is 4.98 Å². The first-order valence-corrected chi connectivity index (χ1v) is 9.30. The molecular weight excluding hydrogens is 326 g/mol. The van der Waals surface area contributed by atoms with Gasteiger partial charge in [0.2, 0.25) is 7.37 Å². The van der Waals surface area contributed by atoms with Crippen LogP contribution < -0.4 is 0 Å². The molecule has 3 nitrogen and oxygen atoms in total. The first kappa shape index (κ1) is 17.7. The number of alkyl halides is 3. The van der Waals surface area contributed by atoms with E-state index in [0.717, 1.165) is 12.1 Å². The number of hydrogen-bond donors (Lipinski definition) is 0. The molecule has 2 aromatic rings. The maximum atomic E-state index is 12.7. The Hall–Kier alpha value is -1.65. The minimum absolute atomic E-state index is 0.198. The maximum Gasteiger partial charge on any atom is 0.416 e. The molecule has 1 heterocycles. The molecule has 0 amide bonds.